The fourth-order valence-corrected chi connectivity index (χ4v) is 3.77. The van der Waals surface area contributed by atoms with Crippen molar-refractivity contribution in [3.05, 3.63) is 23.0 Å². The number of halogens is 1. The quantitative estimate of drug-likeness (QED) is 0.704. The van der Waals surface area contributed by atoms with Gasteiger partial charge in [-0.05, 0) is 39.2 Å². The summed E-state index contributed by atoms with van der Waals surface area (Å²) in [6.07, 6.45) is 1.22. The minimum Gasteiger partial charge on any atom is -0.458 e. The summed E-state index contributed by atoms with van der Waals surface area (Å²) in [4.78, 5) is 30.1. The van der Waals surface area contributed by atoms with Crippen molar-refractivity contribution in [3.8, 4) is 0 Å². The highest BCUT2D eigenvalue weighted by molar-refractivity contribution is 6.34. The van der Waals surface area contributed by atoms with Crippen LogP contribution in [0, 0.1) is 0 Å². The Morgan fingerprint density at radius 1 is 1.32 bits per heavy atom. The Kier molecular flexibility index (Phi) is 6.64. The number of aromatic nitrogens is 3. The average molecular weight is 452 g/mol. The normalized spacial score (nSPS) is 19.5. The van der Waals surface area contributed by atoms with Crippen LogP contribution in [0.15, 0.2) is 12.3 Å². The van der Waals surface area contributed by atoms with Crippen molar-refractivity contribution in [2.24, 2.45) is 0 Å². The predicted molar refractivity (Wildman–Crippen MR) is 117 cm³/mol. The Hall–Kier alpha value is -2.55. The molecular formula is C21H30ClN5O4. The van der Waals surface area contributed by atoms with E-state index in [1.54, 1.807) is 15.6 Å². The first kappa shape index (κ1) is 23.1. The van der Waals surface area contributed by atoms with Gasteiger partial charge in [-0.2, -0.15) is 0 Å². The number of hydrogen-bond acceptors (Lipinski definition) is 7. The topological polar surface area (TPSA) is 98.1 Å². The van der Waals surface area contributed by atoms with Crippen LogP contribution in [-0.2, 0) is 14.3 Å². The summed E-state index contributed by atoms with van der Waals surface area (Å²) in [7, 11) is 0. The minimum absolute atomic E-state index is 0.223. The van der Waals surface area contributed by atoms with Gasteiger partial charge in [-0.3, -0.25) is 4.79 Å². The summed E-state index contributed by atoms with van der Waals surface area (Å²) in [5.41, 5.74) is 1.10. The highest BCUT2D eigenvalue weighted by Crippen LogP contribution is 2.27. The van der Waals surface area contributed by atoms with Crippen LogP contribution in [0.5, 0.6) is 0 Å². The van der Waals surface area contributed by atoms with Crippen molar-refractivity contribution in [2.75, 3.05) is 18.4 Å². The number of carbonyl (C=O) groups excluding carboxylic acids is 2. The van der Waals surface area contributed by atoms with Crippen molar-refractivity contribution in [1.29, 1.82) is 0 Å². The Morgan fingerprint density at radius 2 is 2.03 bits per heavy atom. The van der Waals surface area contributed by atoms with Gasteiger partial charge < -0.3 is 19.7 Å². The molecule has 9 nitrogen and oxygen atoms in total. The molecule has 3 rings (SSSR count). The lowest BCUT2D eigenvalue weighted by atomic mass is 10.0. The van der Waals surface area contributed by atoms with E-state index in [1.807, 2.05) is 26.8 Å². The molecule has 1 aliphatic rings. The molecule has 1 fully saturated rings. The molecule has 3 heterocycles. The third-order valence-corrected chi connectivity index (χ3v) is 5.23. The number of anilines is 1. The summed E-state index contributed by atoms with van der Waals surface area (Å²) < 4.78 is 12.7. The van der Waals surface area contributed by atoms with E-state index in [1.165, 1.54) is 6.92 Å². The highest BCUT2D eigenvalue weighted by Gasteiger charge is 2.36. The lowest BCUT2D eigenvalue weighted by molar-refractivity contribution is -0.149. The largest absolute Gasteiger partial charge is 0.458 e. The van der Waals surface area contributed by atoms with Crippen LogP contribution in [0.2, 0.25) is 5.02 Å². The molecule has 0 unspecified atom stereocenters. The van der Waals surface area contributed by atoms with Crippen LogP contribution < -0.4 is 5.32 Å². The van der Waals surface area contributed by atoms with Gasteiger partial charge in [0.2, 0.25) is 5.95 Å². The number of nitrogens with zero attached hydrogens (tertiary/aromatic N) is 4. The second-order valence-corrected chi connectivity index (χ2v) is 9.47. The molecule has 1 aliphatic heterocycles. The number of fused-ring (bicyclic) bond motifs is 1. The SMILES string of the molecule is CC(=O)O[C@H]1CN(C(=O)OC(C)(C)C)CC[C@H]1Nc1ncc2c(Cl)cc(C(C)C)n2n1. The van der Waals surface area contributed by atoms with Gasteiger partial charge in [0.1, 0.15) is 17.2 Å². The zero-order valence-corrected chi connectivity index (χ0v) is 19.6. The van der Waals surface area contributed by atoms with Gasteiger partial charge in [-0.1, -0.05) is 25.4 Å². The van der Waals surface area contributed by atoms with Crippen molar-refractivity contribution < 1.29 is 19.1 Å². The first-order chi connectivity index (χ1) is 14.4. The fraction of sp³-hybridized carbons (Fsp3) is 0.619. The predicted octanol–water partition coefficient (Wildman–Crippen LogP) is 3.86. The third kappa shape index (κ3) is 5.58. The third-order valence-electron chi connectivity index (χ3n) is 4.93. The van der Waals surface area contributed by atoms with Gasteiger partial charge in [0.05, 0.1) is 23.8 Å². The van der Waals surface area contributed by atoms with Crippen LogP contribution in [-0.4, -0.2) is 62.4 Å². The Morgan fingerprint density at radius 3 is 2.65 bits per heavy atom. The highest BCUT2D eigenvalue weighted by atomic mass is 35.5. The summed E-state index contributed by atoms with van der Waals surface area (Å²) in [5, 5.41) is 8.46. The first-order valence-corrected chi connectivity index (χ1v) is 10.8. The van der Waals surface area contributed by atoms with Crippen molar-refractivity contribution >= 4 is 35.1 Å². The lowest BCUT2D eigenvalue weighted by Gasteiger charge is -2.38. The first-order valence-electron chi connectivity index (χ1n) is 10.4. The standard InChI is InChI=1S/C21H30ClN5O4/c1-12(2)16-9-14(22)17-10-23-19(25-27(16)17)24-15-7-8-26(11-18(15)30-13(3)28)20(29)31-21(4,5)6/h9-10,12,15,18H,7-8,11H2,1-6H3,(H,24,25)/t15-,18+/m1/s1. The molecular weight excluding hydrogens is 422 g/mol. The van der Waals surface area contributed by atoms with E-state index in [2.05, 4.69) is 29.2 Å². The number of carbonyl (C=O) groups is 2. The van der Waals surface area contributed by atoms with E-state index in [-0.39, 0.29) is 18.5 Å². The number of nitrogens with one attached hydrogen (secondary N) is 1. The van der Waals surface area contributed by atoms with Gasteiger partial charge in [0, 0.05) is 19.2 Å². The second kappa shape index (κ2) is 8.90. The molecule has 0 bridgehead atoms. The zero-order chi connectivity index (χ0) is 22.9. The Labute approximate surface area is 187 Å². The van der Waals surface area contributed by atoms with Gasteiger partial charge >= 0.3 is 12.1 Å². The molecule has 1 saturated heterocycles. The second-order valence-electron chi connectivity index (χ2n) is 9.06. The molecule has 0 spiro atoms. The molecule has 10 heteroatoms. The van der Waals surface area contributed by atoms with E-state index < -0.39 is 23.8 Å². The van der Waals surface area contributed by atoms with Crippen molar-refractivity contribution in [3.63, 3.8) is 0 Å². The molecule has 0 saturated carbocycles. The zero-order valence-electron chi connectivity index (χ0n) is 18.8. The van der Waals surface area contributed by atoms with E-state index in [0.717, 1.165) is 11.2 Å². The van der Waals surface area contributed by atoms with Crippen LogP contribution >= 0.6 is 11.6 Å². The molecule has 0 aromatic carbocycles. The molecule has 1 N–H and O–H groups in total. The van der Waals surface area contributed by atoms with E-state index in [0.29, 0.717) is 23.9 Å². The van der Waals surface area contributed by atoms with E-state index in [9.17, 15) is 9.59 Å². The molecule has 2 atom stereocenters. The number of rotatable bonds is 4. The van der Waals surface area contributed by atoms with Crippen LogP contribution in [0.1, 0.15) is 59.6 Å². The number of piperidine rings is 1. The van der Waals surface area contributed by atoms with Crippen LogP contribution in [0.3, 0.4) is 0 Å². The number of hydrogen-bond donors (Lipinski definition) is 1. The lowest BCUT2D eigenvalue weighted by Crippen LogP contribution is -2.54. The average Bonchev–Trinajstić information content (AvgIpc) is 2.98. The number of ether oxygens (including phenoxy) is 2. The molecule has 31 heavy (non-hydrogen) atoms. The van der Waals surface area contributed by atoms with Gasteiger partial charge in [0.25, 0.3) is 0 Å². The molecule has 2 aromatic rings. The maximum Gasteiger partial charge on any atom is 0.410 e. The maximum atomic E-state index is 12.5. The number of amides is 1. The smallest absolute Gasteiger partial charge is 0.410 e. The Bertz CT molecular complexity index is 969. The Balaban J connectivity index is 1.79. The monoisotopic (exact) mass is 451 g/mol. The van der Waals surface area contributed by atoms with Gasteiger partial charge in [-0.25, -0.2) is 14.3 Å². The van der Waals surface area contributed by atoms with E-state index >= 15 is 0 Å². The van der Waals surface area contributed by atoms with Crippen molar-refractivity contribution in [1.82, 2.24) is 19.5 Å². The molecule has 2 aromatic heterocycles. The number of esters is 1. The molecule has 0 aliphatic carbocycles. The molecule has 170 valence electrons. The summed E-state index contributed by atoms with van der Waals surface area (Å²) in [5.74, 6) is 0.210. The summed E-state index contributed by atoms with van der Waals surface area (Å²) in [6.45, 7) is 11.6. The van der Waals surface area contributed by atoms with Gasteiger partial charge in [0.15, 0.2) is 0 Å². The number of likely N-dealkylation sites (tertiary alicyclic amines) is 1. The fourth-order valence-electron chi connectivity index (χ4n) is 3.53. The van der Waals surface area contributed by atoms with Crippen LogP contribution in [0.25, 0.3) is 5.52 Å². The summed E-state index contributed by atoms with van der Waals surface area (Å²) >= 11 is 6.31. The van der Waals surface area contributed by atoms with Gasteiger partial charge in [-0.15, -0.1) is 5.10 Å². The maximum absolute atomic E-state index is 12.5. The van der Waals surface area contributed by atoms with E-state index in [4.69, 9.17) is 21.1 Å². The molecule has 1 amide bonds. The summed E-state index contributed by atoms with van der Waals surface area (Å²) in [6, 6.07) is 1.63. The van der Waals surface area contributed by atoms with Crippen molar-refractivity contribution in [2.45, 2.75) is 71.6 Å². The molecule has 0 radical (unpaired) electrons. The van der Waals surface area contributed by atoms with Crippen LogP contribution in [0.4, 0.5) is 10.7 Å². The minimum atomic E-state index is -0.599.